The summed E-state index contributed by atoms with van der Waals surface area (Å²) >= 11 is 5.36. The predicted octanol–water partition coefficient (Wildman–Crippen LogP) is 0.335. The van der Waals surface area contributed by atoms with Gasteiger partial charge in [-0.2, -0.15) is 0 Å². The Morgan fingerprint density at radius 3 is 2.32 bits per heavy atom. The predicted molar refractivity (Wildman–Crippen MR) is 83.5 cm³/mol. The number of quaternary nitrogens is 1. The van der Waals surface area contributed by atoms with Crippen LogP contribution in [0.4, 0.5) is 5.69 Å². The molecule has 5 heteroatoms. The van der Waals surface area contributed by atoms with Gasteiger partial charge in [-0.15, -0.1) is 0 Å². The quantitative estimate of drug-likeness (QED) is 0.682. The molecule has 0 spiro atoms. The van der Waals surface area contributed by atoms with E-state index in [9.17, 15) is 0 Å². The lowest BCUT2D eigenvalue weighted by Gasteiger charge is -2.31. The lowest BCUT2D eigenvalue weighted by molar-refractivity contribution is -0.884. The van der Waals surface area contributed by atoms with E-state index in [1.54, 1.807) is 4.90 Å². The average molecular weight is 279 g/mol. The molecule has 1 aliphatic heterocycles. The molecule has 1 saturated heterocycles. The SMILES string of the molecule is Cc1cc(C)cc(NC(=S)NN2CC[NH+](C)CC2)c1. The van der Waals surface area contributed by atoms with Gasteiger partial charge < -0.3 is 10.2 Å². The Kier molecular flexibility index (Phi) is 4.74. The molecule has 0 unspecified atom stereocenters. The van der Waals surface area contributed by atoms with E-state index in [2.05, 4.69) is 54.8 Å². The number of piperazine rings is 1. The van der Waals surface area contributed by atoms with Gasteiger partial charge in [0.05, 0.1) is 33.2 Å². The number of hydrogen-bond acceptors (Lipinski definition) is 2. The molecule has 4 nitrogen and oxygen atoms in total. The molecule has 3 N–H and O–H groups in total. The van der Waals surface area contributed by atoms with Crippen LogP contribution in [-0.2, 0) is 0 Å². The van der Waals surface area contributed by atoms with Gasteiger partial charge >= 0.3 is 0 Å². The molecule has 104 valence electrons. The zero-order valence-electron chi connectivity index (χ0n) is 11.9. The summed E-state index contributed by atoms with van der Waals surface area (Å²) in [5.41, 5.74) is 6.81. The first kappa shape index (κ1) is 14.2. The average Bonchev–Trinajstić information content (AvgIpc) is 2.30. The Morgan fingerprint density at radius 1 is 1.16 bits per heavy atom. The summed E-state index contributed by atoms with van der Waals surface area (Å²) < 4.78 is 0. The van der Waals surface area contributed by atoms with Crippen LogP contribution >= 0.6 is 12.2 Å². The van der Waals surface area contributed by atoms with Crippen molar-refractivity contribution in [3.63, 3.8) is 0 Å². The molecule has 1 aromatic rings. The molecule has 0 aromatic heterocycles. The number of hydrogen-bond donors (Lipinski definition) is 3. The number of anilines is 1. The topological polar surface area (TPSA) is 31.7 Å². The van der Waals surface area contributed by atoms with E-state index < -0.39 is 0 Å². The van der Waals surface area contributed by atoms with Crippen molar-refractivity contribution in [3.05, 3.63) is 29.3 Å². The molecule has 1 fully saturated rings. The highest BCUT2D eigenvalue weighted by molar-refractivity contribution is 7.80. The number of nitrogens with zero attached hydrogens (tertiary/aromatic N) is 1. The maximum atomic E-state index is 5.36. The second-order valence-corrected chi connectivity index (χ2v) is 5.79. The van der Waals surface area contributed by atoms with Crippen LogP contribution in [0.5, 0.6) is 0 Å². The summed E-state index contributed by atoms with van der Waals surface area (Å²) in [6, 6.07) is 6.37. The van der Waals surface area contributed by atoms with Gasteiger partial charge in [0.1, 0.15) is 0 Å². The van der Waals surface area contributed by atoms with Crippen molar-refractivity contribution in [2.45, 2.75) is 13.8 Å². The lowest BCUT2D eigenvalue weighted by atomic mass is 10.1. The van der Waals surface area contributed by atoms with E-state index in [0.29, 0.717) is 5.11 Å². The Labute approximate surface area is 120 Å². The van der Waals surface area contributed by atoms with Crippen LogP contribution < -0.4 is 15.6 Å². The van der Waals surface area contributed by atoms with Crippen molar-refractivity contribution in [1.82, 2.24) is 10.4 Å². The first-order valence-electron chi connectivity index (χ1n) is 6.75. The third kappa shape index (κ3) is 4.45. The summed E-state index contributed by atoms with van der Waals surface area (Å²) in [6.45, 7) is 8.55. The minimum absolute atomic E-state index is 0.671. The fourth-order valence-corrected chi connectivity index (χ4v) is 2.60. The van der Waals surface area contributed by atoms with Crippen molar-refractivity contribution < 1.29 is 4.90 Å². The Bertz CT molecular complexity index is 433. The standard InChI is InChI=1S/C14H22N4S/c1-11-8-12(2)10-13(9-11)15-14(19)16-18-6-4-17(3)5-7-18/h8-10H,4-7H2,1-3H3,(H2,15,16,19)/p+1. The first-order valence-corrected chi connectivity index (χ1v) is 7.16. The van der Waals surface area contributed by atoms with E-state index in [-0.39, 0.29) is 0 Å². The maximum absolute atomic E-state index is 5.36. The molecular formula is C14H23N4S+. The van der Waals surface area contributed by atoms with Gasteiger partial charge in [-0.05, 0) is 49.3 Å². The Morgan fingerprint density at radius 2 is 1.74 bits per heavy atom. The van der Waals surface area contributed by atoms with Crippen molar-refractivity contribution in [2.75, 3.05) is 38.5 Å². The third-order valence-electron chi connectivity index (χ3n) is 3.36. The number of hydrazine groups is 1. The van der Waals surface area contributed by atoms with Gasteiger partial charge in [-0.1, -0.05) is 6.07 Å². The van der Waals surface area contributed by atoms with Gasteiger partial charge in [-0.25, -0.2) is 5.01 Å². The van der Waals surface area contributed by atoms with Crippen LogP contribution in [0.25, 0.3) is 0 Å². The minimum Gasteiger partial charge on any atom is -0.335 e. The van der Waals surface area contributed by atoms with Crippen molar-refractivity contribution >= 4 is 23.0 Å². The van der Waals surface area contributed by atoms with E-state index in [0.717, 1.165) is 31.9 Å². The second-order valence-electron chi connectivity index (χ2n) is 5.39. The van der Waals surface area contributed by atoms with Crippen LogP contribution in [-0.4, -0.2) is 43.3 Å². The highest BCUT2D eigenvalue weighted by atomic mass is 32.1. The number of nitrogens with one attached hydrogen (secondary N) is 3. The Hall–Kier alpha value is -1.17. The van der Waals surface area contributed by atoms with Crippen LogP contribution in [0.15, 0.2) is 18.2 Å². The van der Waals surface area contributed by atoms with E-state index in [1.165, 1.54) is 11.1 Å². The molecule has 1 aromatic carbocycles. The summed E-state index contributed by atoms with van der Waals surface area (Å²) in [5, 5.41) is 6.11. The van der Waals surface area contributed by atoms with Crippen molar-refractivity contribution in [1.29, 1.82) is 0 Å². The first-order chi connectivity index (χ1) is 9.02. The molecule has 0 saturated carbocycles. The number of benzene rings is 1. The maximum Gasteiger partial charge on any atom is 0.185 e. The number of rotatable bonds is 2. The number of thiocarbonyl (C=S) groups is 1. The summed E-state index contributed by atoms with van der Waals surface area (Å²) in [4.78, 5) is 1.58. The molecule has 0 radical (unpaired) electrons. The van der Waals surface area contributed by atoms with Gasteiger partial charge in [0.15, 0.2) is 5.11 Å². The van der Waals surface area contributed by atoms with Gasteiger partial charge in [0, 0.05) is 5.69 Å². The Balaban J connectivity index is 1.87. The molecule has 0 aliphatic carbocycles. The van der Waals surface area contributed by atoms with E-state index >= 15 is 0 Å². The van der Waals surface area contributed by atoms with Crippen LogP contribution in [0.3, 0.4) is 0 Å². The summed E-state index contributed by atoms with van der Waals surface area (Å²) in [5.74, 6) is 0. The zero-order valence-corrected chi connectivity index (χ0v) is 12.7. The van der Waals surface area contributed by atoms with Crippen molar-refractivity contribution in [3.8, 4) is 0 Å². The molecule has 2 rings (SSSR count). The lowest BCUT2D eigenvalue weighted by Crippen LogP contribution is -3.12. The smallest absolute Gasteiger partial charge is 0.185 e. The zero-order chi connectivity index (χ0) is 13.8. The van der Waals surface area contributed by atoms with Crippen LogP contribution in [0, 0.1) is 13.8 Å². The second kappa shape index (κ2) is 6.32. The van der Waals surface area contributed by atoms with Gasteiger partial charge in [0.2, 0.25) is 0 Å². The summed E-state index contributed by atoms with van der Waals surface area (Å²) in [7, 11) is 2.23. The third-order valence-corrected chi connectivity index (χ3v) is 3.55. The molecule has 19 heavy (non-hydrogen) atoms. The van der Waals surface area contributed by atoms with Gasteiger partial charge in [0.25, 0.3) is 0 Å². The molecule has 1 aliphatic rings. The van der Waals surface area contributed by atoms with E-state index in [1.807, 2.05) is 0 Å². The van der Waals surface area contributed by atoms with Crippen molar-refractivity contribution in [2.24, 2.45) is 0 Å². The fourth-order valence-electron chi connectivity index (χ4n) is 2.35. The highest BCUT2D eigenvalue weighted by Crippen LogP contribution is 2.13. The fraction of sp³-hybridized carbons (Fsp3) is 0.500. The van der Waals surface area contributed by atoms with Crippen LogP contribution in [0.2, 0.25) is 0 Å². The molecule has 0 bridgehead atoms. The van der Waals surface area contributed by atoms with E-state index in [4.69, 9.17) is 12.2 Å². The van der Waals surface area contributed by atoms with Gasteiger partial charge in [-0.3, -0.25) is 5.43 Å². The molecular weight excluding hydrogens is 256 g/mol. The molecule has 0 amide bonds. The van der Waals surface area contributed by atoms with Crippen LogP contribution in [0.1, 0.15) is 11.1 Å². The largest absolute Gasteiger partial charge is 0.335 e. The minimum atomic E-state index is 0.671. The number of likely N-dealkylation sites (N-methyl/N-ethyl adjacent to an activating group) is 1. The number of aryl methyl sites for hydroxylation is 2. The summed E-state index contributed by atoms with van der Waals surface area (Å²) in [6.07, 6.45) is 0. The normalized spacial score (nSPS) is 17.2. The monoisotopic (exact) mass is 279 g/mol. The highest BCUT2D eigenvalue weighted by Gasteiger charge is 2.16. The molecule has 0 atom stereocenters. The molecule has 1 heterocycles.